The number of primary amides is 1. The number of carbonyl (C=O) groups is 3. The van der Waals surface area contributed by atoms with Crippen molar-refractivity contribution in [2.24, 2.45) is 23.5 Å². The number of anilines is 1. The fraction of sp³-hybridized carbons (Fsp3) is 0.552. The van der Waals surface area contributed by atoms with E-state index in [0.29, 0.717) is 18.0 Å². The molecular weight excluding hydrogens is 516 g/mol. The first-order valence-corrected chi connectivity index (χ1v) is 13.5. The van der Waals surface area contributed by atoms with Gasteiger partial charge in [-0.2, -0.15) is 0 Å². The molecule has 3 aliphatic carbocycles. The van der Waals surface area contributed by atoms with Crippen LogP contribution in [0.3, 0.4) is 0 Å². The summed E-state index contributed by atoms with van der Waals surface area (Å²) in [6, 6.07) is 0.645. The van der Waals surface area contributed by atoms with Crippen molar-refractivity contribution in [1.29, 1.82) is 0 Å². The van der Waals surface area contributed by atoms with Crippen LogP contribution in [0, 0.1) is 17.8 Å². The third-order valence-electron chi connectivity index (χ3n) is 8.83. The Bertz CT molecular complexity index is 1350. The van der Waals surface area contributed by atoms with E-state index in [1.54, 1.807) is 20.2 Å². The number of aliphatic hydroxyl groups is 3. The molecule has 1 saturated carbocycles. The molecule has 0 aromatic heterocycles. The molecule has 3 aliphatic rings. The number of amides is 1. The van der Waals surface area contributed by atoms with E-state index in [0.717, 1.165) is 11.3 Å². The molecule has 0 heterocycles. The minimum atomic E-state index is -2.65. The van der Waals surface area contributed by atoms with Gasteiger partial charge in [0.15, 0.2) is 11.4 Å². The van der Waals surface area contributed by atoms with E-state index >= 15 is 0 Å². The normalized spacial score (nSPS) is 27.1. The first kappa shape index (κ1) is 29.6. The number of aliphatic hydroxyl groups excluding tert-OH is 2. The number of phenolic OH excluding ortho intramolecular Hbond substituents is 1. The van der Waals surface area contributed by atoms with E-state index in [-0.39, 0.29) is 35.8 Å². The number of ketones is 2. The number of hydrogen-bond acceptors (Lipinski definition) is 10. The first-order chi connectivity index (χ1) is 18.5. The lowest BCUT2D eigenvalue weighted by molar-refractivity contribution is -0.153. The zero-order valence-corrected chi connectivity index (χ0v) is 24.1. The number of nitrogens with one attached hydrogen (secondary N) is 1. The zero-order chi connectivity index (χ0) is 30.0. The molecule has 1 amide bonds. The van der Waals surface area contributed by atoms with Gasteiger partial charge in [-0.3, -0.25) is 19.3 Å². The molecule has 0 spiro atoms. The van der Waals surface area contributed by atoms with Crippen LogP contribution < -0.4 is 16.0 Å². The molecule has 11 heteroatoms. The van der Waals surface area contributed by atoms with Gasteiger partial charge in [-0.1, -0.05) is 13.8 Å². The van der Waals surface area contributed by atoms with Crippen LogP contribution in [0.25, 0.3) is 5.76 Å². The topological polar surface area (TPSA) is 177 Å². The van der Waals surface area contributed by atoms with Crippen molar-refractivity contribution in [2.45, 2.75) is 57.8 Å². The van der Waals surface area contributed by atoms with Gasteiger partial charge in [0.2, 0.25) is 5.78 Å². The minimum absolute atomic E-state index is 0.0479. The molecule has 218 valence electrons. The van der Waals surface area contributed by atoms with Crippen molar-refractivity contribution in [3.05, 3.63) is 39.7 Å². The summed E-state index contributed by atoms with van der Waals surface area (Å²) in [6.45, 7) is 6.75. The van der Waals surface area contributed by atoms with E-state index in [2.05, 4.69) is 26.1 Å². The van der Waals surface area contributed by atoms with Gasteiger partial charge in [0.25, 0.3) is 5.91 Å². The highest BCUT2D eigenvalue weighted by Crippen LogP contribution is 2.54. The van der Waals surface area contributed by atoms with Gasteiger partial charge < -0.3 is 36.4 Å². The van der Waals surface area contributed by atoms with Crippen LogP contribution in [0.5, 0.6) is 5.75 Å². The number of Topliss-reactive ketones (excluding diaryl/α,β-unsaturated/α-hetero) is 2. The summed E-state index contributed by atoms with van der Waals surface area (Å²) in [5.74, 6) is -6.21. The maximum atomic E-state index is 14.0. The maximum Gasteiger partial charge on any atom is 0.255 e. The van der Waals surface area contributed by atoms with Gasteiger partial charge in [-0.05, 0) is 62.9 Å². The van der Waals surface area contributed by atoms with Crippen LogP contribution >= 0.6 is 0 Å². The van der Waals surface area contributed by atoms with Crippen molar-refractivity contribution >= 4 is 28.9 Å². The molecule has 1 aromatic rings. The van der Waals surface area contributed by atoms with Gasteiger partial charge >= 0.3 is 0 Å². The van der Waals surface area contributed by atoms with Crippen LogP contribution in [0.4, 0.5) is 5.69 Å². The Morgan fingerprint density at radius 1 is 1.15 bits per heavy atom. The molecule has 4 rings (SSSR count). The smallest absolute Gasteiger partial charge is 0.255 e. The Hall–Kier alpha value is -3.41. The van der Waals surface area contributed by atoms with E-state index in [1.807, 2.05) is 19.0 Å². The molecule has 0 unspecified atom stereocenters. The molecule has 5 atom stereocenters. The van der Waals surface area contributed by atoms with Crippen molar-refractivity contribution in [2.75, 3.05) is 33.1 Å². The molecule has 0 bridgehead atoms. The summed E-state index contributed by atoms with van der Waals surface area (Å²) in [5.41, 5.74) is 4.07. The number of benzene rings is 1. The van der Waals surface area contributed by atoms with Crippen molar-refractivity contribution < 1.29 is 34.8 Å². The number of phenols is 1. The number of rotatable bonds is 7. The second kappa shape index (κ2) is 10.2. The third kappa shape index (κ3) is 4.27. The molecule has 40 heavy (non-hydrogen) atoms. The highest BCUT2D eigenvalue weighted by atomic mass is 16.3. The lowest BCUT2D eigenvalue weighted by Crippen LogP contribution is -2.65. The van der Waals surface area contributed by atoms with Crippen molar-refractivity contribution in [3.63, 3.8) is 0 Å². The monoisotopic (exact) mass is 556 g/mol. The van der Waals surface area contributed by atoms with Gasteiger partial charge in [0.05, 0.1) is 11.6 Å². The minimum Gasteiger partial charge on any atom is -0.508 e. The summed E-state index contributed by atoms with van der Waals surface area (Å²) in [7, 11) is 6.87. The lowest BCUT2D eigenvalue weighted by Gasteiger charge is -2.50. The number of nitrogens with two attached hydrogens (primary N) is 1. The van der Waals surface area contributed by atoms with Crippen LogP contribution in [0.15, 0.2) is 23.0 Å². The SMILES string of the molecule is CC(C)[C@@H](C)NCc1cc(O)c2c(c1N(C)C)C[C@H]1C[C@H]3[C@H](N(C)C)C(=O)C(C(N)=O)=C(O)[C@@]3(O)C(=O)C1=C2O. The maximum absolute atomic E-state index is 14.0. The van der Waals surface area contributed by atoms with E-state index in [9.17, 15) is 34.8 Å². The van der Waals surface area contributed by atoms with Crippen LogP contribution in [-0.2, 0) is 27.3 Å². The van der Waals surface area contributed by atoms with Gasteiger partial charge in [-0.15, -0.1) is 0 Å². The lowest BCUT2D eigenvalue weighted by atomic mass is 9.57. The Morgan fingerprint density at radius 2 is 1.77 bits per heavy atom. The molecule has 1 aromatic carbocycles. The fourth-order valence-electron chi connectivity index (χ4n) is 6.57. The number of nitrogens with zero attached hydrogens (tertiary/aromatic N) is 2. The van der Waals surface area contributed by atoms with Crippen molar-refractivity contribution in [1.82, 2.24) is 10.2 Å². The third-order valence-corrected chi connectivity index (χ3v) is 8.83. The number of aromatic hydroxyl groups is 1. The highest BCUT2D eigenvalue weighted by molar-refractivity contribution is 6.24. The van der Waals surface area contributed by atoms with Gasteiger partial charge in [0.1, 0.15) is 22.8 Å². The Labute approximate surface area is 233 Å². The van der Waals surface area contributed by atoms with E-state index in [1.165, 1.54) is 4.90 Å². The van der Waals surface area contributed by atoms with Crippen molar-refractivity contribution in [3.8, 4) is 5.75 Å². The first-order valence-electron chi connectivity index (χ1n) is 13.5. The number of likely N-dealkylation sites (N-methyl/N-ethyl adjacent to an activating group) is 1. The summed E-state index contributed by atoms with van der Waals surface area (Å²) in [4.78, 5) is 42.8. The second-order valence-corrected chi connectivity index (χ2v) is 12.0. The molecule has 1 fully saturated rings. The Morgan fingerprint density at radius 3 is 2.30 bits per heavy atom. The summed E-state index contributed by atoms with van der Waals surface area (Å²) in [5, 5.41) is 48.7. The van der Waals surface area contributed by atoms with Crippen LogP contribution in [-0.4, -0.2) is 88.7 Å². The van der Waals surface area contributed by atoms with E-state index in [4.69, 9.17) is 5.73 Å². The predicted octanol–water partition coefficient (Wildman–Crippen LogP) is 1.16. The Balaban J connectivity index is 1.92. The second-order valence-electron chi connectivity index (χ2n) is 12.0. The fourth-order valence-corrected chi connectivity index (χ4v) is 6.57. The highest BCUT2D eigenvalue weighted by Gasteiger charge is 2.64. The zero-order valence-electron chi connectivity index (χ0n) is 24.1. The molecule has 0 saturated heterocycles. The molecular formula is C29H40N4O7. The summed E-state index contributed by atoms with van der Waals surface area (Å²) >= 11 is 0. The number of hydrogen-bond donors (Lipinski definition) is 6. The van der Waals surface area contributed by atoms with Gasteiger partial charge in [-0.25, -0.2) is 0 Å². The quantitative estimate of drug-likeness (QED) is 0.267. The standard InChI is InChI=1S/C29H40N4O7/c1-12(2)13(3)31-11-15-10-18(34)20-16(22(15)32(4)5)8-14-9-17-23(33(6)7)25(36)21(28(30)39)27(38)29(17,40)26(37)19(14)24(20)35/h10,12-14,17,23,31,34-35,38,40H,8-9,11H2,1-7H3,(H2,30,39)/t13-,14+,17+,23+,29+/m1/s1. The average Bonchev–Trinajstić information content (AvgIpc) is 2.83. The summed E-state index contributed by atoms with van der Waals surface area (Å²) in [6.07, 6.45) is 0.287. The number of fused-ring (bicyclic) bond motifs is 3. The summed E-state index contributed by atoms with van der Waals surface area (Å²) < 4.78 is 0. The van der Waals surface area contributed by atoms with Gasteiger partial charge in [0, 0.05) is 43.9 Å². The average molecular weight is 557 g/mol. The number of carbonyl (C=O) groups excluding carboxylic acids is 3. The predicted molar refractivity (Wildman–Crippen MR) is 150 cm³/mol. The van der Waals surface area contributed by atoms with Crippen LogP contribution in [0.2, 0.25) is 0 Å². The molecule has 11 nitrogen and oxygen atoms in total. The molecule has 0 aliphatic heterocycles. The largest absolute Gasteiger partial charge is 0.508 e. The van der Waals surface area contributed by atoms with Crippen LogP contribution in [0.1, 0.15) is 43.9 Å². The molecule has 7 N–H and O–H groups in total. The van der Waals surface area contributed by atoms with E-state index < -0.39 is 58.0 Å². The Kier molecular flexibility index (Phi) is 7.55. The molecule has 0 radical (unpaired) electrons.